The van der Waals surface area contributed by atoms with Gasteiger partial charge in [0.05, 0.1) is 25.2 Å². The van der Waals surface area contributed by atoms with Gasteiger partial charge in [-0.25, -0.2) is 4.31 Å². The van der Waals surface area contributed by atoms with Crippen LogP contribution in [0.1, 0.15) is 124 Å². The van der Waals surface area contributed by atoms with Crippen LogP contribution in [0.2, 0.25) is 0 Å². The Balaban J connectivity index is 0.00000112. The Hall–Kier alpha value is -1.06. The summed E-state index contributed by atoms with van der Waals surface area (Å²) in [6.07, 6.45) is 0. The van der Waals surface area contributed by atoms with Gasteiger partial charge in [-0.05, 0) is 70.9 Å². The maximum absolute atomic E-state index is 13.3. The largest absolute Gasteiger partial charge is 0.395 e. The van der Waals surface area contributed by atoms with Gasteiger partial charge < -0.3 is 40.0 Å². The van der Waals surface area contributed by atoms with Gasteiger partial charge in [-0.2, -0.15) is 0 Å². The molecule has 0 saturated heterocycles. The number of aliphatic hydroxyl groups excluding tert-OH is 3. The summed E-state index contributed by atoms with van der Waals surface area (Å²) < 4.78 is 3.60. The molecule has 0 radical (unpaired) electrons. The van der Waals surface area contributed by atoms with Crippen molar-refractivity contribution in [3.63, 3.8) is 0 Å². The zero-order chi connectivity index (χ0) is 32.7. The number of hydrogen-bond acceptors (Lipinski definition) is 9. The summed E-state index contributed by atoms with van der Waals surface area (Å²) in [5.74, 6) is 0.326. The Morgan fingerprint density at radius 1 is 0.571 bits per heavy atom. The molecule has 0 fully saturated rings. The zero-order valence-electron chi connectivity index (χ0n) is 26.6. The van der Waals surface area contributed by atoms with Gasteiger partial charge in [0.2, 0.25) is 0 Å². The minimum Gasteiger partial charge on any atom is -0.395 e. The van der Waals surface area contributed by atoms with E-state index in [9.17, 15) is 20.4 Å². The summed E-state index contributed by atoms with van der Waals surface area (Å²) in [5, 5.41) is 45.6. The highest BCUT2D eigenvalue weighted by molar-refractivity contribution is 7.53. The van der Waals surface area contributed by atoms with Crippen LogP contribution in [0.4, 0.5) is 0 Å². The van der Waals surface area contributed by atoms with Crippen molar-refractivity contribution in [1.29, 1.82) is 0 Å². The molecule has 0 unspecified atom stereocenters. The number of aliphatic hydroxyl groups is 4. The van der Waals surface area contributed by atoms with Crippen molar-refractivity contribution in [2.45, 2.75) is 98.5 Å². The van der Waals surface area contributed by atoms with Crippen molar-refractivity contribution in [3.8, 4) is 0 Å². The zero-order valence-corrected chi connectivity index (χ0v) is 28.4. The van der Waals surface area contributed by atoms with Crippen molar-refractivity contribution >= 4 is 17.2 Å². The van der Waals surface area contributed by atoms with Gasteiger partial charge in [0.25, 0.3) is 0 Å². The third-order valence-corrected chi connectivity index (χ3v) is 8.89. The van der Waals surface area contributed by atoms with E-state index in [2.05, 4.69) is 97.8 Å². The van der Waals surface area contributed by atoms with Crippen LogP contribution < -0.4 is 0 Å². The van der Waals surface area contributed by atoms with Crippen molar-refractivity contribution < 1.29 is 44.3 Å². The Kier molecular flexibility index (Phi) is 15.1. The van der Waals surface area contributed by atoms with Gasteiger partial charge in [0, 0.05) is 0 Å². The molecule has 0 aliphatic carbocycles. The summed E-state index contributed by atoms with van der Waals surface area (Å²) in [6, 6.07) is 8.41. The minimum atomic E-state index is -2.61. The summed E-state index contributed by atoms with van der Waals surface area (Å²) in [7, 11) is -5.22. The first-order valence-electron chi connectivity index (χ1n) is 14.2. The van der Waals surface area contributed by atoms with Crippen molar-refractivity contribution in [3.05, 3.63) is 68.8 Å². The van der Waals surface area contributed by atoms with E-state index in [4.69, 9.17) is 19.6 Å². The lowest BCUT2D eigenvalue weighted by Gasteiger charge is -2.49. The molecule has 0 spiro atoms. The summed E-state index contributed by atoms with van der Waals surface area (Å²) in [5.41, 5.74) is 4.08. The van der Waals surface area contributed by atoms with Crippen LogP contribution in [0.15, 0.2) is 24.3 Å². The molecule has 2 aromatic rings. The van der Waals surface area contributed by atoms with Crippen LogP contribution >= 0.6 is 17.2 Å². The molecule has 0 aromatic heterocycles. The van der Waals surface area contributed by atoms with Gasteiger partial charge in [0.15, 0.2) is 0 Å². The van der Waals surface area contributed by atoms with Gasteiger partial charge in [-0.3, -0.25) is 0 Å². The van der Waals surface area contributed by atoms with Crippen LogP contribution in [0.3, 0.4) is 0 Å². The Labute approximate surface area is 253 Å². The van der Waals surface area contributed by atoms with E-state index >= 15 is 0 Å². The molecule has 0 saturated carbocycles. The van der Waals surface area contributed by atoms with Gasteiger partial charge >= 0.3 is 17.2 Å². The van der Waals surface area contributed by atoms with Crippen LogP contribution in [0.25, 0.3) is 0 Å². The third kappa shape index (κ3) is 8.56. The lowest BCUT2D eigenvalue weighted by atomic mass is 9.59. The second-order valence-electron chi connectivity index (χ2n) is 12.3. The van der Waals surface area contributed by atoms with Gasteiger partial charge in [-0.15, -0.1) is 0 Å². The normalized spacial score (nSPS) is 12.8. The van der Waals surface area contributed by atoms with Gasteiger partial charge in [-0.1, -0.05) is 90.8 Å². The molecule has 0 atom stereocenters. The average Bonchev–Trinajstić information content (AvgIpc) is 2.88. The van der Waals surface area contributed by atoms with Crippen LogP contribution in [0.5, 0.6) is 0 Å². The molecule has 0 amide bonds. The fourth-order valence-corrected chi connectivity index (χ4v) is 6.08. The first-order valence-corrected chi connectivity index (χ1v) is 16.6. The van der Waals surface area contributed by atoms with E-state index in [0.29, 0.717) is 11.1 Å². The molecule has 11 heteroatoms. The molecule has 8 N–H and O–H groups in total. The van der Waals surface area contributed by atoms with E-state index in [0.717, 1.165) is 33.4 Å². The number of benzene rings is 2. The Morgan fingerprint density at radius 2 is 0.810 bits per heavy atom. The van der Waals surface area contributed by atoms with Crippen LogP contribution in [-0.2, 0) is 9.91 Å². The van der Waals surface area contributed by atoms with E-state index in [1.165, 1.54) is 0 Å². The molecule has 0 bridgehead atoms. The lowest BCUT2D eigenvalue weighted by molar-refractivity contribution is -0.137. The highest BCUT2D eigenvalue weighted by atomic mass is 31.2. The average molecular weight is 631 g/mol. The molecule has 9 nitrogen and oxygen atoms in total. The molecule has 240 valence electrons. The predicted octanol–water partition coefficient (Wildman–Crippen LogP) is 5.42. The van der Waals surface area contributed by atoms with Crippen molar-refractivity contribution in [1.82, 2.24) is 0 Å². The van der Waals surface area contributed by atoms with Crippen molar-refractivity contribution in [2.24, 2.45) is 5.41 Å². The molecule has 0 heterocycles. The molecule has 0 aliphatic heterocycles. The van der Waals surface area contributed by atoms with Crippen LogP contribution in [-0.4, -0.2) is 59.8 Å². The first-order chi connectivity index (χ1) is 19.3. The molecule has 42 heavy (non-hydrogen) atoms. The quantitative estimate of drug-likeness (QED) is 0.143. The highest BCUT2D eigenvalue weighted by Crippen LogP contribution is 2.53. The van der Waals surface area contributed by atoms with Gasteiger partial charge in [0.1, 0.15) is 5.60 Å². The molecule has 2 rings (SSSR count). The number of rotatable bonds is 12. The van der Waals surface area contributed by atoms with Crippen LogP contribution in [0, 0.1) is 19.3 Å². The second-order valence-corrected chi connectivity index (χ2v) is 14.0. The van der Waals surface area contributed by atoms with E-state index in [-0.39, 0.29) is 23.7 Å². The fraction of sp³-hybridized carbons (Fsp3) is 0.613. The predicted molar refractivity (Wildman–Crippen MR) is 169 cm³/mol. The summed E-state index contributed by atoms with van der Waals surface area (Å²) in [4.78, 5) is 31.3. The van der Waals surface area contributed by atoms with E-state index in [1.807, 2.05) is 0 Å². The highest BCUT2D eigenvalue weighted by Gasteiger charge is 2.56. The SMILES string of the molecule is Cc1cc(C(C)C)c(C(O)(c2c(C(C)C)cc(C)cc2C(C)C)C(CO)(CO)CO)c(C(C)C)c1.OP(O)OP(O)O. The molecule has 0 aliphatic rings. The second kappa shape index (κ2) is 16.3. The number of aryl methyl sites for hydroxylation is 2. The summed E-state index contributed by atoms with van der Waals surface area (Å²) >= 11 is 0. The third-order valence-electron chi connectivity index (χ3n) is 7.72. The molecular weight excluding hydrogens is 578 g/mol. The monoisotopic (exact) mass is 630 g/mol. The maximum Gasteiger partial charge on any atom is 0.334 e. The molecular formula is C31H52O9P2. The summed E-state index contributed by atoms with van der Waals surface area (Å²) in [6.45, 7) is 19.2. The first kappa shape index (κ1) is 39.0. The fourth-order valence-electron chi connectivity index (χ4n) is 5.56. The van der Waals surface area contributed by atoms with Crippen molar-refractivity contribution in [2.75, 3.05) is 19.8 Å². The Bertz CT molecular complexity index is 1000. The minimum absolute atomic E-state index is 0.0816. The Morgan fingerprint density at radius 3 is 0.952 bits per heavy atom. The topological polar surface area (TPSA) is 171 Å². The lowest BCUT2D eigenvalue weighted by Crippen LogP contribution is -2.56. The smallest absolute Gasteiger partial charge is 0.334 e. The molecule has 2 aromatic carbocycles. The van der Waals surface area contributed by atoms with E-state index in [1.54, 1.807) is 0 Å². The standard InChI is InChI=1S/C31H48O4.H4O5P2/c1-18(2)24-11-22(9)12-25(19(3)4)28(24)31(35,30(15-32,16-33)17-34)29-26(20(5)6)13-23(10)14-27(29)21(7)8;1-6(2)5-7(3)4/h11-14,18-21,32-35H,15-17H2,1-10H3;1-4H. The number of hydrogen-bond donors (Lipinski definition) is 8. The maximum atomic E-state index is 13.3. The van der Waals surface area contributed by atoms with E-state index < -0.39 is 48.0 Å².